The maximum Gasteiger partial charge on any atom is 0.0589 e. The lowest BCUT2D eigenvalue weighted by atomic mass is 10.0. The Bertz CT molecular complexity index is 511. The molecule has 0 bridgehead atoms. The molecule has 0 aliphatic heterocycles. The third-order valence-electron chi connectivity index (χ3n) is 3.55. The van der Waals surface area contributed by atoms with E-state index < -0.39 is 0 Å². The number of benzene rings is 1. The van der Waals surface area contributed by atoms with Gasteiger partial charge in [-0.25, -0.2) is 0 Å². The van der Waals surface area contributed by atoms with Gasteiger partial charge in [-0.1, -0.05) is 48.9 Å². The minimum Gasteiger partial charge on any atom is -0.309 e. The van der Waals surface area contributed by atoms with E-state index in [9.17, 15) is 0 Å². The molecule has 0 amide bonds. The van der Waals surface area contributed by atoms with Crippen molar-refractivity contribution in [1.29, 1.82) is 0 Å². The molecule has 2 nitrogen and oxygen atoms in total. The number of halogens is 1. The van der Waals surface area contributed by atoms with Gasteiger partial charge in [-0.15, -0.1) is 0 Å². The minimum atomic E-state index is 0.311. The number of nitrogens with zero attached hydrogens (tertiary/aromatic N) is 1. The van der Waals surface area contributed by atoms with Gasteiger partial charge >= 0.3 is 0 Å². The SMILES string of the molecule is CCCNC(CCCc1ccccc1)c1ccc(Cl)cn1. The average Bonchev–Trinajstić information content (AvgIpc) is 2.53. The predicted octanol–water partition coefficient (Wildman–Crippen LogP) is 4.80. The topological polar surface area (TPSA) is 24.9 Å². The fourth-order valence-electron chi connectivity index (χ4n) is 2.42. The Kier molecular flexibility index (Phi) is 6.71. The van der Waals surface area contributed by atoms with Gasteiger partial charge < -0.3 is 5.32 Å². The van der Waals surface area contributed by atoms with Crippen LogP contribution in [-0.4, -0.2) is 11.5 Å². The molecule has 112 valence electrons. The van der Waals surface area contributed by atoms with Gasteiger partial charge in [0.15, 0.2) is 0 Å². The molecule has 0 spiro atoms. The molecule has 1 heterocycles. The van der Waals surface area contributed by atoms with Crippen LogP contribution in [0, 0.1) is 0 Å². The zero-order valence-corrected chi connectivity index (χ0v) is 13.3. The van der Waals surface area contributed by atoms with Crippen LogP contribution in [0.3, 0.4) is 0 Å². The maximum absolute atomic E-state index is 5.92. The van der Waals surface area contributed by atoms with Crippen LogP contribution in [0.25, 0.3) is 0 Å². The Balaban J connectivity index is 1.91. The summed E-state index contributed by atoms with van der Waals surface area (Å²) < 4.78 is 0. The number of nitrogens with one attached hydrogen (secondary N) is 1. The fourth-order valence-corrected chi connectivity index (χ4v) is 2.53. The summed E-state index contributed by atoms with van der Waals surface area (Å²) >= 11 is 5.92. The number of hydrogen-bond donors (Lipinski definition) is 1. The van der Waals surface area contributed by atoms with E-state index in [1.165, 1.54) is 5.56 Å². The summed E-state index contributed by atoms with van der Waals surface area (Å²) in [7, 11) is 0. The summed E-state index contributed by atoms with van der Waals surface area (Å²) in [5, 5.41) is 4.28. The van der Waals surface area contributed by atoms with Crippen molar-refractivity contribution in [2.45, 2.75) is 38.6 Å². The second-order valence-corrected chi connectivity index (χ2v) is 5.72. The van der Waals surface area contributed by atoms with Crippen molar-refractivity contribution in [3.8, 4) is 0 Å². The highest BCUT2D eigenvalue weighted by Crippen LogP contribution is 2.19. The number of rotatable bonds is 8. The molecule has 2 rings (SSSR count). The summed E-state index contributed by atoms with van der Waals surface area (Å²) in [4.78, 5) is 4.46. The quantitative estimate of drug-likeness (QED) is 0.757. The number of aryl methyl sites for hydroxylation is 1. The van der Waals surface area contributed by atoms with Gasteiger partial charge in [0.2, 0.25) is 0 Å². The Labute approximate surface area is 132 Å². The summed E-state index contributed by atoms with van der Waals surface area (Å²) in [6.45, 7) is 3.20. The zero-order chi connectivity index (χ0) is 14.9. The highest BCUT2D eigenvalue weighted by atomic mass is 35.5. The van der Waals surface area contributed by atoms with Crippen molar-refractivity contribution in [1.82, 2.24) is 10.3 Å². The van der Waals surface area contributed by atoms with Crippen molar-refractivity contribution >= 4 is 11.6 Å². The molecule has 1 atom stereocenters. The molecule has 1 N–H and O–H groups in total. The van der Waals surface area contributed by atoms with Crippen LogP contribution in [0.15, 0.2) is 48.7 Å². The van der Waals surface area contributed by atoms with E-state index in [4.69, 9.17) is 11.6 Å². The standard InChI is InChI=1S/C18H23ClN2/c1-2-13-20-17(18-12-11-16(19)14-21-18)10-6-9-15-7-4-3-5-8-15/h3-5,7-8,11-12,14,17,20H,2,6,9-10,13H2,1H3. The molecule has 2 aromatic rings. The van der Waals surface area contributed by atoms with Crippen LogP contribution < -0.4 is 5.32 Å². The van der Waals surface area contributed by atoms with Gasteiger partial charge in [0.1, 0.15) is 0 Å². The van der Waals surface area contributed by atoms with Crippen LogP contribution in [-0.2, 0) is 6.42 Å². The lowest BCUT2D eigenvalue weighted by Gasteiger charge is -2.18. The van der Waals surface area contributed by atoms with E-state index in [-0.39, 0.29) is 0 Å². The molecular formula is C18H23ClN2. The van der Waals surface area contributed by atoms with Crippen molar-refractivity contribution in [2.75, 3.05) is 6.54 Å². The van der Waals surface area contributed by atoms with E-state index in [0.29, 0.717) is 11.1 Å². The molecule has 1 aromatic carbocycles. The minimum absolute atomic E-state index is 0.311. The first-order valence-electron chi connectivity index (χ1n) is 7.68. The van der Waals surface area contributed by atoms with Crippen LogP contribution in [0.5, 0.6) is 0 Å². The van der Waals surface area contributed by atoms with Crippen molar-refractivity contribution in [2.24, 2.45) is 0 Å². The van der Waals surface area contributed by atoms with E-state index in [0.717, 1.165) is 37.9 Å². The third kappa shape index (κ3) is 5.49. The number of hydrogen-bond acceptors (Lipinski definition) is 2. The first kappa shape index (κ1) is 16.0. The summed E-state index contributed by atoms with van der Waals surface area (Å²) in [6, 6.07) is 14.9. The summed E-state index contributed by atoms with van der Waals surface area (Å²) in [5.41, 5.74) is 2.48. The van der Waals surface area contributed by atoms with Gasteiger partial charge in [0.05, 0.1) is 10.7 Å². The zero-order valence-electron chi connectivity index (χ0n) is 12.6. The second-order valence-electron chi connectivity index (χ2n) is 5.29. The molecule has 0 saturated heterocycles. The first-order chi connectivity index (χ1) is 10.3. The van der Waals surface area contributed by atoms with Gasteiger partial charge in [-0.3, -0.25) is 4.98 Å². The molecule has 0 radical (unpaired) electrons. The van der Waals surface area contributed by atoms with Gasteiger partial charge in [0, 0.05) is 12.2 Å². The smallest absolute Gasteiger partial charge is 0.0589 e. The molecule has 1 unspecified atom stereocenters. The molecule has 0 fully saturated rings. The fraction of sp³-hybridized carbons (Fsp3) is 0.389. The third-order valence-corrected chi connectivity index (χ3v) is 3.77. The number of aromatic nitrogens is 1. The largest absolute Gasteiger partial charge is 0.309 e. The van der Waals surface area contributed by atoms with Crippen molar-refractivity contribution in [3.63, 3.8) is 0 Å². The Morgan fingerprint density at radius 3 is 2.62 bits per heavy atom. The van der Waals surface area contributed by atoms with Crippen molar-refractivity contribution in [3.05, 3.63) is 64.9 Å². The molecular weight excluding hydrogens is 280 g/mol. The van der Waals surface area contributed by atoms with E-state index in [1.807, 2.05) is 12.1 Å². The molecule has 1 aromatic heterocycles. The summed E-state index contributed by atoms with van der Waals surface area (Å²) in [6.07, 6.45) is 6.20. The molecule has 0 aliphatic carbocycles. The second kappa shape index (κ2) is 8.81. The van der Waals surface area contributed by atoms with E-state index >= 15 is 0 Å². The Morgan fingerprint density at radius 2 is 1.95 bits per heavy atom. The predicted molar refractivity (Wildman–Crippen MR) is 89.7 cm³/mol. The molecule has 21 heavy (non-hydrogen) atoms. The highest BCUT2D eigenvalue weighted by molar-refractivity contribution is 6.30. The van der Waals surface area contributed by atoms with E-state index in [1.54, 1.807) is 6.20 Å². The van der Waals surface area contributed by atoms with Gasteiger partial charge in [-0.05, 0) is 49.9 Å². The van der Waals surface area contributed by atoms with Crippen LogP contribution in [0.1, 0.15) is 43.5 Å². The maximum atomic E-state index is 5.92. The highest BCUT2D eigenvalue weighted by Gasteiger charge is 2.11. The summed E-state index contributed by atoms with van der Waals surface area (Å²) in [5.74, 6) is 0. The Hall–Kier alpha value is -1.38. The first-order valence-corrected chi connectivity index (χ1v) is 8.06. The Morgan fingerprint density at radius 1 is 1.14 bits per heavy atom. The van der Waals surface area contributed by atoms with Crippen LogP contribution in [0.2, 0.25) is 5.02 Å². The molecule has 0 aliphatic rings. The molecule has 3 heteroatoms. The normalized spacial score (nSPS) is 12.3. The lowest BCUT2D eigenvalue weighted by molar-refractivity contribution is 0.474. The van der Waals surface area contributed by atoms with Crippen LogP contribution >= 0.6 is 11.6 Å². The monoisotopic (exact) mass is 302 g/mol. The van der Waals surface area contributed by atoms with E-state index in [2.05, 4.69) is 47.6 Å². The number of pyridine rings is 1. The average molecular weight is 303 g/mol. The van der Waals surface area contributed by atoms with Crippen molar-refractivity contribution < 1.29 is 0 Å². The lowest BCUT2D eigenvalue weighted by Crippen LogP contribution is -2.23. The molecule has 0 saturated carbocycles. The van der Waals surface area contributed by atoms with Gasteiger partial charge in [-0.2, -0.15) is 0 Å². The van der Waals surface area contributed by atoms with Crippen LogP contribution in [0.4, 0.5) is 0 Å². The van der Waals surface area contributed by atoms with Gasteiger partial charge in [0.25, 0.3) is 0 Å².